The van der Waals surface area contributed by atoms with Crippen LogP contribution in [0.25, 0.3) is 6.08 Å². The highest BCUT2D eigenvalue weighted by Gasteiger charge is 2.31. The molecule has 3 N–H and O–H groups in total. The Kier molecular flexibility index (Phi) is 7.93. The SMILES string of the molecule is C[C@@H](C(=O)Nc1ccccc1OC(F)F)[NH+]1CC[NH+](C/C=C/c2ccccc2)CC1. The summed E-state index contributed by atoms with van der Waals surface area (Å²) in [4.78, 5) is 15.4. The van der Waals surface area contributed by atoms with Gasteiger partial charge >= 0.3 is 6.61 Å². The average Bonchev–Trinajstić information content (AvgIpc) is 2.75. The first-order chi connectivity index (χ1) is 14.5. The van der Waals surface area contributed by atoms with E-state index < -0.39 is 6.61 Å². The summed E-state index contributed by atoms with van der Waals surface area (Å²) in [6.07, 6.45) is 4.34. The lowest BCUT2D eigenvalue weighted by atomic mass is 10.2. The summed E-state index contributed by atoms with van der Waals surface area (Å²) >= 11 is 0. The largest absolute Gasteiger partial charge is 0.433 e. The third-order valence-corrected chi connectivity index (χ3v) is 5.48. The van der Waals surface area contributed by atoms with Crippen LogP contribution in [-0.2, 0) is 4.79 Å². The van der Waals surface area contributed by atoms with E-state index in [1.807, 2.05) is 25.1 Å². The van der Waals surface area contributed by atoms with Crippen molar-refractivity contribution in [3.63, 3.8) is 0 Å². The molecule has 30 heavy (non-hydrogen) atoms. The first-order valence-corrected chi connectivity index (χ1v) is 10.3. The number of carbonyl (C=O) groups is 1. The topological polar surface area (TPSA) is 47.2 Å². The molecule has 1 aliphatic rings. The maximum atomic E-state index is 12.7. The normalized spacial score (nSPS) is 20.3. The third kappa shape index (κ3) is 6.37. The standard InChI is InChI=1S/C23H27F2N3O2/c1-18(22(29)26-20-11-5-6-12-21(20)30-23(24)25)28-16-14-27(15-17-28)13-7-10-19-8-3-2-4-9-19/h2-12,18,23H,13-17H2,1H3,(H,26,29)/p+2/b10-7+/t18-/m0/s1. The third-order valence-electron chi connectivity index (χ3n) is 5.48. The smallest absolute Gasteiger partial charge is 0.387 e. The second kappa shape index (κ2) is 10.8. The van der Waals surface area contributed by atoms with Gasteiger partial charge in [0.25, 0.3) is 5.91 Å². The number of quaternary nitrogens is 2. The molecular weight excluding hydrogens is 388 g/mol. The molecule has 1 saturated heterocycles. The number of rotatable bonds is 8. The maximum absolute atomic E-state index is 12.7. The molecule has 5 nitrogen and oxygen atoms in total. The zero-order valence-electron chi connectivity index (χ0n) is 17.1. The summed E-state index contributed by atoms with van der Waals surface area (Å²) in [6, 6.07) is 16.2. The molecule has 160 valence electrons. The van der Waals surface area contributed by atoms with Crippen molar-refractivity contribution in [2.45, 2.75) is 19.6 Å². The number of para-hydroxylation sites is 2. The predicted molar refractivity (Wildman–Crippen MR) is 113 cm³/mol. The summed E-state index contributed by atoms with van der Waals surface area (Å²) in [5.41, 5.74) is 1.46. The lowest BCUT2D eigenvalue weighted by molar-refractivity contribution is -1.02. The van der Waals surface area contributed by atoms with Crippen molar-refractivity contribution in [3.8, 4) is 5.75 Å². The lowest BCUT2D eigenvalue weighted by Crippen LogP contribution is -3.29. The first-order valence-electron chi connectivity index (χ1n) is 10.3. The van der Waals surface area contributed by atoms with Gasteiger partial charge in [-0.2, -0.15) is 8.78 Å². The van der Waals surface area contributed by atoms with Gasteiger partial charge in [-0.3, -0.25) is 4.79 Å². The molecule has 3 rings (SSSR count). The predicted octanol–water partition coefficient (Wildman–Crippen LogP) is 1.11. The number of alkyl halides is 2. The zero-order chi connectivity index (χ0) is 21.3. The molecule has 0 radical (unpaired) electrons. The van der Waals surface area contributed by atoms with Gasteiger partial charge in [0.15, 0.2) is 6.04 Å². The number of benzene rings is 2. The van der Waals surface area contributed by atoms with Gasteiger partial charge in [0.2, 0.25) is 0 Å². The van der Waals surface area contributed by atoms with Crippen molar-refractivity contribution in [3.05, 3.63) is 66.2 Å². The molecule has 1 fully saturated rings. The molecule has 1 atom stereocenters. The minimum atomic E-state index is -2.93. The Labute approximate surface area is 175 Å². The quantitative estimate of drug-likeness (QED) is 0.603. The first kappa shape index (κ1) is 21.9. The molecule has 7 heteroatoms. The molecule has 0 bridgehead atoms. The highest BCUT2D eigenvalue weighted by Crippen LogP contribution is 2.25. The number of halogens is 2. The number of hydrogen-bond acceptors (Lipinski definition) is 2. The molecule has 1 heterocycles. The van der Waals surface area contributed by atoms with E-state index in [1.54, 1.807) is 18.2 Å². The van der Waals surface area contributed by atoms with E-state index in [4.69, 9.17) is 0 Å². The minimum absolute atomic E-state index is 0.0254. The Morgan fingerprint density at radius 3 is 2.43 bits per heavy atom. The van der Waals surface area contributed by atoms with Crippen LogP contribution in [0.1, 0.15) is 12.5 Å². The minimum Gasteiger partial charge on any atom is -0.433 e. The zero-order valence-corrected chi connectivity index (χ0v) is 17.1. The van der Waals surface area contributed by atoms with Crippen LogP contribution >= 0.6 is 0 Å². The molecule has 0 aromatic heterocycles. The van der Waals surface area contributed by atoms with Crippen LogP contribution in [0.4, 0.5) is 14.5 Å². The van der Waals surface area contributed by atoms with Crippen molar-refractivity contribution >= 4 is 17.7 Å². The highest BCUT2D eigenvalue weighted by molar-refractivity contribution is 5.94. The van der Waals surface area contributed by atoms with E-state index in [2.05, 4.69) is 34.3 Å². The number of piperazine rings is 1. The molecule has 0 aliphatic carbocycles. The Bertz CT molecular complexity index is 837. The van der Waals surface area contributed by atoms with E-state index in [0.29, 0.717) is 0 Å². The molecule has 0 saturated carbocycles. The molecule has 1 aliphatic heterocycles. The Morgan fingerprint density at radius 2 is 1.73 bits per heavy atom. The van der Waals surface area contributed by atoms with Crippen molar-refractivity contribution in [2.75, 3.05) is 38.0 Å². The van der Waals surface area contributed by atoms with E-state index in [0.717, 1.165) is 32.7 Å². The van der Waals surface area contributed by atoms with Gasteiger partial charge in [-0.15, -0.1) is 0 Å². The summed E-state index contributed by atoms with van der Waals surface area (Å²) in [6.45, 7) is 3.64. The lowest BCUT2D eigenvalue weighted by Gasteiger charge is -2.32. The molecule has 0 unspecified atom stereocenters. The Hall–Kier alpha value is -2.77. The maximum Gasteiger partial charge on any atom is 0.387 e. The number of carbonyl (C=O) groups excluding carboxylic acids is 1. The number of nitrogens with one attached hydrogen (secondary N) is 3. The number of anilines is 1. The highest BCUT2D eigenvalue weighted by atomic mass is 19.3. The average molecular weight is 418 g/mol. The number of amides is 1. The molecule has 0 spiro atoms. The monoisotopic (exact) mass is 417 g/mol. The van der Waals surface area contributed by atoms with Gasteiger partial charge in [0, 0.05) is 0 Å². The second-order valence-electron chi connectivity index (χ2n) is 7.51. The summed E-state index contributed by atoms with van der Waals surface area (Å²) in [7, 11) is 0. The molecule has 2 aromatic rings. The summed E-state index contributed by atoms with van der Waals surface area (Å²) in [5, 5.41) is 2.74. The number of ether oxygens (including phenoxy) is 1. The van der Waals surface area contributed by atoms with Gasteiger partial charge in [-0.1, -0.05) is 48.5 Å². The van der Waals surface area contributed by atoms with Crippen molar-refractivity contribution < 1.29 is 28.1 Å². The molecule has 1 amide bonds. The fourth-order valence-electron chi connectivity index (χ4n) is 3.68. The van der Waals surface area contributed by atoms with E-state index in [1.165, 1.54) is 21.4 Å². The van der Waals surface area contributed by atoms with Gasteiger partial charge in [0.1, 0.15) is 31.9 Å². The van der Waals surface area contributed by atoms with Crippen LogP contribution in [0, 0.1) is 0 Å². The molecule has 2 aromatic carbocycles. The van der Waals surface area contributed by atoms with Crippen LogP contribution in [0.5, 0.6) is 5.75 Å². The van der Waals surface area contributed by atoms with Crippen LogP contribution in [0.2, 0.25) is 0 Å². The van der Waals surface area contributed by atoms with Gasteiger partial charge in [0.05, 0.1) is 12.2 Å². The van der Waals surface area contributed by atoms with E-state index in [-0.39, 0.29) is 23.4 Å². The fraction of sp³-hybridized carbons (Fsp3) is 0.348. The van der Waals surface area contributed by atoms with Gasteiger partial charge in [-0.05, 0) is 30.7 Å². The van der Waals surface area contributed by atoms with Crippen LogP contribution in [0.3, 0.4) is 0 Å². The van der Waals surface area contributed by atoms with Gasteiger partial charge < -0.3 is 19.9 Å². The van der Waals surface area contributed by atoms with Crippen LogP contribution < -0.4 is 19.9 Å². The van der Waals surface area contributed by atoms with Crippen molar-refractivity contribution in [1.29, 1.82) is 0 Å². The van der Waals surface area contributed by atoms with Crippen molar-refractivity contribution in [1.82, 2.24) is 0 Å². The van der Waals surface area contributed by atoms with Crippen LogP contribution in [-0.4, -0.2) is 51.3 Å². The van der Waals surface area contributed by atoms with Crippen molar-refractivity contribution in [2.24, 2.45) is 0 Å². The fourth-order valence-corrected chi connectivity index (χ4v) is 3.68. The Balaban J connectivity index is 1.47. The summed E-state index contributed by atoms with van der Waals surface area (Å²) in [5.74, 6) is -0.217. The van der Waals surface area contributed by atoms with E-state index >= 15 is 0 Å². The number of hydrogen-bond donors (Lipinski definition) is 3. The molecular formula is C23H29F2N3O2+2. The van der Waals surface area contributed by atoms with E-state index in [9.17, 15) is 13.6 Å². The summed E-state index contributed by atoms with van der Waals surface area (Å²) < 4.78 is 29.6. The second-order valence-corrected chi connectivity index (χ2v) is 7.51. The van der Waals surface area contributed by atoms with Crippen LogP contribution in [0.15, 0.2) is 60.7 Å². The van der Waals surface area contributed by atoms with Gasteiger partial charge in [-0.25, -0.2) is 0 Å². The Morgan fingerprint density at radius 1 is 1.07 bits per heavy atom.